The molecule has 36 heavy (non-hydrogen) atoms. The van der Waals surface area contributed by atoms with Gasteiger partial charge in [0.25, 0.3) is 5.91 Å². The molecular formula is C26H27N5O4S. The van der Waals surface area contributed by atoms with Gasteiger partial charge in [-0.1, -0.05) is 6.58 Å². The summed E-state index contributed by atoms with van der Waals surface area (Å²) in [5.41, 5.74) is 1.80. The predicted molar refractivity (Wildman–Crippen MR) is 140 cm³/mol. The normalized spacial score (nSPS) is 17.2. The van der Waals surface area contributed by atoms with Gasteiger partial charge >= 0.3 is 6.03 Å². The van der Waals surface area contributed by atoms with Gasteiger partial charge in [-0.15, -0.1) is 11.3 Å². The lowest BCUT2D eigenvalue weighted by Gasteiger charge is -2.32. The smallest absolute Gasteiger partial charge is 0.331 e. The molecule has 0 bridgehead atoms. The highest BCUT2D eigenvalue weighted by Crippen LogP contribution is 2.45. The summed E-state index contributed by atoms with van der Waals surface area (Å²) >= 11 is 1.24. The third-order valence-corrected chi connectivity index (χ3v) is 7.26. The van der Waals surface area contributed by atoms with E-state index in [0.717, 1.165) is 24.0 Å². The number of piperidine rings is 1. The Kier molecular flexibility index (Phi) is 6.36. The van der Waals surface area contributed by atoms with Crippen LogP contribution in [-0.4, -0.2) is 53.0 Å². The van der Waals surface area contributed by atoms with Gasteiger partial charge in [0.2, 0.25) is 5.91 Å². The highest BCUT2D eigenvalue weighted by Gasteiger charge is 2.33. The fraction of sp³-hybridized carbons (Fsp3) is 0.308. The number of anilines is 3. The second-order valence-corrected chi connectivity index (χ2v) is 10.0. The fourth-order valence-electron chi connectivity index (χ4n) is 4.62. The van der Waals surface area contributed by atoms with Crippen LogP contribution >= 0.6 is 11.3 Å². The Balaban J connectivity index is 1.44. The van der Waals surface area contributed by atoms with Crippen molar-refractivity contribution in [2.45, 2.75) is 38.8 Å². The number of thiophene rings is 1. The van der Waals surface area contributed by atoms with Crippen LogP contribution in [0.4, 0.5) is 21.9 Å². The van der Waals surface area contributed by atoms with Crippen LogP contribution in [0.25, 0.3) is 10.2 Å². The number of nitrogens with one attached hydrogen (secondary N) is 2. The molecule has 186 valence electrons. The van der Waals surface area contributed by atoms with E-state index in [4.69, 9.17) is 4.74 Å². The Morgan fingerprint density at radius 2 is 2.06 bits per heavy atom. The molecule has 3 aromatic rings. The number of urea groups is 1. The van der Waals surface area contributed by atoms with Crippen LogP contribution in [0.5, 0.6) is 5.75 Å². The Morgan fingerprint density at radius 1 is 1.28 bits per heavy atom. The molecule has 9 nitrogen and oxygen atoms in total. The minimum atomic E-state index is -0.361. The van der Waals surface area contributed by atoms with Crippen LogP contribution in [0.15, 0.2) is 49.2 Å². The summed E-state index contributed by atoms with van der Waals surface area (Å²) in [7, 11) is 0. The van der Waals surface area contributed by atoms with Crippen molar-refractivity contribution < 1.29 is 19.1 Å². The van der Waals surface area contributed by atoms with Gasteiger partial charge in [0.1, 0.15) is 15.5 Å². The Hall–Kier alpha value is -3.92. The van der Waals surface area contributed by atoms with Crippen molar-refractivity contribution in [3.8, 4) is 5.75 Å². The second kappa shape index (κ2) is 9.62. The number of likely N-dealkylation sites (tertiary alicyclic amines) is 1. The van der Waals surface area contributed by atoms with Gasteiger partial charge < -0.3 is 20.3 Å². The van der Waals surface area contributed by atoms with Crippen molar-refractivity contribution in [2.75, 3.05) is 23.3 Å². The van der Waals surface area contributed by atoms with Gasteiger partial charge in [0, 0.05) is 25.3 Å². The average molecular weight is 506 g/mol. The lowest BCUT2D eigenvalue weighted by molar-refractivity contribution is -0.127. The molecule has 0 radical (unpaired) electrons. The number of ether oxygens (including phenoxy) is 1. The predicted octanol–water partition coefficient (Wildman–Crippen LogP) is 4.67. The van der Waals surface area contributed by atoms with Crippen LogP contribution in [0.1, 0.15) is 36.4 Å². The SMILES string of the molecule is C=CC(=O)N1CCCC(NC(=O)c2sc3nccc4c3c2NC(=O)N4c2ccc(OC(C)C)cc2)C1. The van der Waals surface area contributed by atoms with Crippen LogP contribution in [0, 0.1) is 0 Å². The van der Waals surface area contributed by atoms with Crippen LogP contribution in [0.2, 0.25) is 0 Å². The molecule has 0 spiro atoms. The van der Waals surface area contributed by atoms with E-state index in [2.05, 4.69) is 22.2 Å². The number of hydrogen-bond acceptors (Lipinski definition) is 6. The number of carbonyl (C=O) groups excluding carboxylic acids is 3. The summed E-state index contributed by atoms with van der Waals surface area (Å²) < 4.78 is 5.72. The second-order valence-electron chi connectivity index (χ2n) is 9.04. The Bertz CT molecular complexity index is 1350. The standard InChI is InChI=1S/C26H27N5O4S/c1-4-20(32)30-13-5-6-16(14-30)28-24(33)23-22-21-19(11-12-27-25(21)36-23)31(26(34)29-22)17-7-9-18(10-8-17)35-15(2)3/h4,7-12,15-16H,1,5-6,13-14H2,2-3H3,(H,28,33)(H,29,34). The van der Waals surface area contributed by atoms with Crippen molar-refractivity contribution >= 4 is 56.5 Å². The average Bonchev–Trinajstić information content (AvgIpc) is 3.24. The maximum atomic E-state index is 13.3. The molecule has 1 fully saturated rings. The monoisotopic (exact) mass is 505 g/mol. The summed E-state index contributed by atoms with van der Waals surface area (Å²) in [4.78, 5) is 47.3. The molecule has 1 saturated heterocycles. The van der Waals surface area contributed by atoms with Crippen LogP contribution in [0.3, 0.4) is 0 Å². The third kappa shape index (κ3) is 4.39. The van der Waals surface area contributed by atoms with Crippen LogP contribution < -0.4 is 20.3 Å². The molecule has 4 amide bonds. The zero-order valence-corrected chi connectivity index (χ0v) is 20.9. The van der Waals surface area contributed by atoms with E-state index in [1.165, 1.54) is 17.4 Å². The minimum Gasteiger partial charge on any atom is -0.491 e. The van der Waals surface area contributed by atoms with Crippen molar-refractivity contribution in [3.05, 3.63) is 54.1 Å². The highest BCUT2D eigenvalue weighted by molar-refractivity contribution is 7.21. The number of hydrogen-bond donors (Lipinski definition) is 2. The summed E-state index contributed by atoms with van der Waals surface area (Å²) in [6.45, 7) is 8.53. The molecule has 2 aromatic heterocycles. The zero-order valence-electron chi connectivity index (χ0n) is 20.1. The largest absolute Gasteiger partial charge is 0.491 e. The molecule has 10 heteroatoms. The van der Waals surface area contributed by atoms with E-state index < -0.39 is 0 Å². The molecule has 1 aromatic carbocycles. The van der Waals surface area contributed by atoms with Crippen molar-refractivity contribution in [3.63, 3.8) is 0 Å². The summed E-state index contributed by atoms with van der Waals surface area (Å²) in [6, 6.07) is 8.54. The lowest BCUT2D eigenvalue weighted by Crippen LogP contribution is -2.49. The first-order valence-electron chi connectivity index (χ1n) is 11.9. The first-order chi connectivity index (χ1) is 17.4. The number of carbonyl (C=O) groups is 3. The van der Waals surface area contributed by atoms with Gasteiger partial charge in [-0.2, -0.15) is 0 Å². The topological polar surface area (TPSA) is 104 Å². The maximum absolute atomic E-state index is 13.3. The maximum Gasteiger partial charge on any atom is 0.331 e. The zero-order chi connectivity index (χ0) is 25.4. The summed E-state index contributed by atoms with van der Waals surface area (Å²) in [6.07, 6.45) is 4.54. The van der Waals surface area contributed by atoms with Gasteiger partial charge in [0.05, 0.1) is 28.6 Å². The lowest BCUT2D eigenvalue weighted by atomic mass is 10.1. The quantitative estimate of drug-likeness (QED) is 0.474. The van der Waals surface area contributed by atoms with E-state index in [1.54, 1.807) is 22.1 Å². The van der Waals surface area contributed by atoms with Gasteiger partial charge in [-0.25, -0.2) is 9.78 Å². The number of rotatable bonds is 6. The first-order valence-corrected chi connectivity index (χ1v) is 12.7. The van der Waals surface area contributed by atoms with Crippen molar-refractivity contribution in [1.29, 1.82) is 0 Å². The third-order valence-electron chi connectivity index (χ3n) is 6.16. The van der Waals surface area contributed by atoms with E-state index >= 15 is 0 Å². The fourth-order valence-corrected chi connectivity index (χ4v) is 5.64. The number of pyridine rings is 1. The van der Waals surface area contributed by atoms with Crippen molar-refractivity contribution in [1.82, 2.24) is 15.2 Å². The summed E-state index contributed by atoms with van der Waals surface area (Å²) in [5, 5.41) is 6.67. The number of amides is 4. The summed E-state index contributed by atoms with van der Waals surface area (Å²) in [5.74, 6) is 0.286. The number of nitrogens with zero attached hydrogens (tertiary/aromatic N) is 3. The molecule has 0 saturated carbocycles. The van der Waals surface area contributed by atoms with Gasteiger partial charge in [-0.3, -0.25) is 14.5 Å². The first kappa shape index (κ1) is 23.8. The van der Waals surface area contributed by atoms with Gasteiger partial charge in [0.15, 0.2) is 0 Å². The molecular weight excluding hydrogens is 478 g/mol. The Morgan fingerprint density at radius 3 is 2.78 bits per heavy atom. The highest BCUT2D eigenvalue weighted by atomic mass is 32.1. The molecule has 2 aliphatic heterocycles. The van der Waals surface area contributed by atoms with E-state index in [1.807, 2.05) is 38.1 Å². The van der Waals surface area contributed by atoms with Crippen LogP contribution in [-0.2, 0) is 4.79 Å². The molecule has 0 aliphatic carbocycles. The van der Waals surface area contributed by atoms with E-state index in [-0.39, 0.29) is 30.0 Å². The Labute approximate surface area is 212 Å². The molecule has 2 aliphatic rings. The molecule has 1 unspecified atom stereocenters. The molecule has 5 rings (SSSR count). The molecule has 4 heterocycles. The molecule has 2 N–H and O–H groups in total. The van der Waals surface area contributed by atoms with Gasteiger partial charge in [-0.05, 0) is 63.1 Å². The number of aromatic nitrogens is 1. The van der Waals surface area contributed by atoms with Crippen molar-refractivity contribution in [2.24, 2.45) is 0 Å². The minimum absolute atomic E-state index is 0.0473. The molecule has 1 atom stereocenters. The van der Waals surface area contributed by atoms with E-state index in [9.17, 15) is 14.4 Å². The number of benzene rings is 1. The van der Waals surface area contributed by atoms with E-state index in [0.29, 0.717) is 39.9 Å².